The van der Waals surface area contributed by atoms with E-state index in [1.54, 1.807) is 0 Å². The number of carbonyl (C=O) groups excluding carboxylic acids is 2. The molecule has 0 aromatic carbocycles. The number of allylic oxidation sites excluding steroid dienone is 2. The number of ketones is 2. The largest absolute Gasteiger partial charge is 0.367 e. The number of halogens is 1. The summed E-state index contributed by atoms with van der Waals surface area (Å²) in [5.41, 5.74) is 0.471. The first-order valence-electron chi connectivity index (χ1n) is 6.03. The van der Waals surface area contributed by atoms with Gasteiger partial charge >= 0.3 is 5.00 Å². The van der Waals surface area contributed by atoms with Gasteiger partial charge in [0.25, 0.3) is 0 Å². The molecule has 0 radical (unpaired) electrons. The number of hydrogen-bond acceptors (Lipinski definition) is 6. The number of Topliss-reactive ketones (excluding diaryl/α,β-unsaturated/α-hetero) is 2. The lowest BCUT2D eigenvalue weighted by Crippen LogP contribution is -2.30. The second-order valence-corrected chi connectivity index (χ2v) is 6.42. The average Bonchev–Trinajstić information content (AvgIpc) is 3.05. The summed E-state index contributed by atoms with van der Waals surface area (Å²) in [6, 6.07) is 1.18. The van der Waals surface area contributed by atoms with Crippen molar-refractivity contribution in [3.8, 4) is 0 Å². The van der Waals surface area contributed by atoms with Crippen molar-refractivity contribution >= 4 is 43.8 Å². The second kappa shape index (κ2) is 4.78. The fourth-order valence-electron chi connectivity index (χ4n) is 2.46. The van der Waals surface area contributed by atoms with Crippen LogP contribution in [0.3, 0.4) is 0 Å². The van der Waals surface area contributed by atoms with Gasteiger partial charge in [-0.15, -0.1) is 0 Å². The SMILES string of the molecule is O=C1C(Br)=C(N2CCCC2)C(=O)c2sc([N+](=O)[O-])cc21. The van der Waals surface area contributed by atoms with Crippen LogP contribution in [0.4, 0.5) is 5.00 Å². The number of likely N-dealkylation sites (tertiary alicyclic amines) is 1. The number of carbonyl (C=O) groups is 2. The van der Waals surface area contributed by atoms with Gasteiger partial charge in [0.1, 0.15) is 5.70 Å². The zero-order valence-electron chi connectivity index (χ0n) is 10.2. The van der Waals surface area contributed by atoms with E-state index in [9.17, 15) is 19.7 Å². The first-order chi connectivity index (χ1) is 9.50. The molecule has 0 amide bonds. The van der Waals surface area contributed by atoms with Crippen LogP contribution in [0.2, 0.25) is 0 Å². The number of thiophene rings is 1. The maximum atomic E-state index is 12.5. The molecule has 1 aliphatic heterocycles. The van der Waals surface area contributed by atoms with E-state index in [1.165, 1.54) is 6.07 Å². The second-order valence-electron chi connectivity index (χ2n) is 4.60. The number of rotatable bonds is 2. The molecule has 0 spiro atoms. The average molecular weight is 357 g/mol. The van der Waals surface area contributed by atoms with Gasteiger partial charge in [-0.05, 0) is 28.8 Å². The van der Waals surface area contributed by atoms with E-state index in [4.69, 9.17) is 0 Å². The predicted octanol–water partition coefficient (Wildman–Crippen LogP) is 2.74. The summed E-state index contributed by atoms with van der Waals surface area (Å²) in [6.07, 6.45) is 1.95. The molecule has 0 saturated carbocycles. The van der Waals surface area contributed by atoms with Crippen LogP contribution in [0.1, 0.15) is 32.9 Å². The minimum Gasteiger partial charge on any atom is -0.367 e. The van der Waals surface area contributed by atoms with E-state index in [1.807, 2.05) is 4.90 Å². The third-order valence-corrected chi connectivity index (χ3v) is 5.22. The molecule has 0 unspecified atom stereocenters. The van der Waals surface area contributed by atoms with Crippen molar-refractivity contribution in [2.45, 2.75) is 12.8 Å². The Labute approximate surface area is 126 Å². The Kier molecular flexibility index (Phi) is 3.21. The maximum Gasteiger partial charge on any atom is 0.325 e. The molecule has 0 N–H and O–H groups in total. The summed E-state index contributed by atoms with van der Waals surface area (Å²) in [5, 5.41) is 10.6. The molecule has 104 valence electrons. The first kappa shape index (κ1) is 13.4. The zero-order chi connectivity index (χ0) is 14.4. The van der Waals surface area contributed by atoms with Crippen LogP contribution < -0.4 is 0 Å². The van der Waals surface area contributed by atoms with Gasteiger partial charge in [-0.3, -0.25) is 19.7 Å². The highest BCUT2D eigenvalue weighted by Gasteiger charge is 2.38. The molecule has 1 aromatic rings. The molecule has 1 saturated heterocycles. The van der Waals surface area contributed by atoms with Gasteiger partial charge in [-0.1, -0.05) is 11.3 Å². The van der Waals surface area contributed by atoms with E-state index in [0.29, 0.717) is 5.70 Å². The van der Waals surface area contributed by atoms with Gasteiger partial charge in [0.2, 0.25) is 11.6 Å². The Morgan fingerprint density at radius 2 is 1.90 bits per heavy atom. The van der Waals surface area contributed by atoms with Crippen molar-refractivity contribution in [2.24, 2.45) is 0 Å². The molecule has 6 nitrogen and oxygen atoms in total. The number of fused-ring (bicyclic) bond motifs is 1. The van der Waals surface area contributed by atoms with Crippen LogP contribution in [0, 0.1) is 10.1 Å². The van der Waals surface area contributed by atoms with Crippen LogP contribution in [-0.4, -0.2) is 34.5 Å². The van der Waals surface area contributed by atoms with Crippen molar-refractivity contribution < 1.29 is 14.5 Å². The Morgan fingerprint density at radius 3 is 2.50 bits per heavy atom. The van der Waals surface area contributed by atoms with E-state index in [-0.39, 0.29) is 31.5 Å². The highest BCUT2D eigenvalue weighted by Crippen LogP contribution is 2.39. The highest BCUT2D eigenvalue weighted by molar-refractivity contribution is 9.12. The molecule has 8 heteroatoms. The van der Waals surface area contributed by atoms with Crippen LogP contribution >= 0.6 is 27.3 Å². The highest BCUT2D eigenvalue weighted by atomic mass is 79.9. The zero-order valence-corrected chi connectivity index (χ0v) is 12.6. The summed E-state index contributed by atoms with van der Waals surface area (Å²) in [5.74, 6) is -0.655. The Bertz CT molecular complexity index is 673. The fraction of sp³-hybridized carbons (Fsp3) is 0.333. The molecule has 20 heavy (non-hydrogen) atoms. The maximum absolute atomic E-state index is 12.5. The molecule has 0 atom stereocenters. The summed E-state index contributed by atoms with van der Waals surface area (Å²) in [4.78, 5) is 37.0. The summed E-state index contributed by atoms with van der Waals surface area (Å²) in [7, 11) is 0. The molecular formula is C12H9BrN2O4S. The smallest absolute Gasteiger partial charge is 0.325 e. The van der Waals surface area contributed by atoms with Crippen LogP contribution in [-0.2, 0) is 0 Å². The Morgan fingerprint density at radius 1 is 1.25 bits per heavy atom. The number of nitrogens with zero attached hydrogens (tertiary/aromatic N) is 2. The van der Waals surface area contributed by atoms with Crippen LogP contribution in [0.15, 0.2) is 16.2 Å². The minimum atomic E-state index is -0.576. The van der Waals surface area contributed by atoms with Gasteiger partial charge in [0.15, 0.2) is 0 Å². The van der Waals surface area contributed by atoms with Crippen molar-refractivity contribution in [1.29, 1.82) is 0 Å². The molecule has 3 rings (SSSR count). The molecule has 1 fully saturated rings. The first-order valence-corrected chi connectivity index (χ1v) is 7.64. The van der Waals surface area contributed by atoms with E-state index in [2.05, 4.69) is 15.9 Å². The summed E-state index contributed by atoms with van der Waals surface area (Å²) in [6.45, 7) is 1.46. The van der Waals surface area contributed by atoms with Crippen molar-refractivity contribution in [1.82, 2.24) is 4.90 Å². The quantitative estimate of drug-likeness (QED) is 0.601. The monoisotopic (exact) mass is 356 g/mol. The topological polar surface area (TPSA) is 80.5 Å². The third-order valence-electron chi connectivity index (χ3n) is 3.39. The Balaban J connectivity index is 2.10. The normalized spacial score (nSPS) is 18.8. The van der Waals surface area contributed by atoms with Gasteiger partial charge in [-0.25, -0.2) is 0 Å². The molecular weight excluding hydrogens is 348 g/mol. The molecule has 0 bridgehead atoms. The lowest BCUT2D eigenvalue weighted by Gasteiger charge is -2.24. The van der Waals surface area contributed by atoms with E-state index >= 15 is 0 Å². The standard InChI is InChI=1S/C12H9BrN2O4S/c13-8-9(14-3-1-2-4-14)11(17)12-6(10(8)16)5-7(20-12)15(18)19/h5H,1-4H2. The van der Waals surface area contributed by atoms with Gasteiger partial charge in [-0.2, -0.15) is 0 Å². The third kappa shape index (κ3) is 1.90. The molecule has 1 aromatic heterocycles. The number of hydrogen-bond donors (Lipinski definition) is 0. The van der Waals surface area contributed by atoms with Crippen molar-refractivity contribution in [3.05, 3.63) is 36.8 Å². The van der Waals surface area contributed by atoms with Crippen molar-refractivity contribution in [3.63, 3.8) is 0 Å². The molecule has 2 aliphatic rings. The number of nitro groups is 1. The van der Waals surface area contributed by atoms with Crippen LogP contribution in [0.5, 0.6) is 0 Å². The lowest BCUT2D eigenvalue weighted by atomic mass is 10.00. The molecule has 2 heterocycles. The van der Waals surface area contributed by atoms with Crippen LogP contribution in [0.25, 0.3) is 0 Å². The van der Waals surface area contributed by atoms with Gasteiger partial charge in [0.05, 0.1) is 19.8 Å². The summed E-state index contributed by atoms with van der Waals surface area (Å²) < 4.78 is 0.213. The van der Waals surface area contributed by atoms with Crippen molar-refractivity contribution in [2.75, 3.05) is 13.1 Å². The fourth-order valence-corrected chi connectivity index (χ4v) is 4.02. The summed E-state index contributed by atoms with van der Waals surface area (Å²) >= 11 is 3.96. The minimum absolute atomic E-state index is 0.126. The van der Waals surface area contributed by atoms with Gasteiger partial charge < -0.3 is 4.90 Å². The van der Waals surface area contributed by atoms with E-state index in [0.717, 1.165) is 37.3 Å². The van der Waals surface area contributed by atoms with E-state index < -0.39 is 4.92 Å². The molecule has 1 aliphatic carbocycles. The predicted molar refractivity (Wildman–Crippen MR) is 76.4 cm³/mol. The lowest BCUT2D eigenvalue weighted by molar-refractivity contribution is -0.380. The Hall–Kier alpha value is -1.54. The van der Waals surface area contributed by atoms with Gasteiger partial charge in [0, 0.05) is 19.2 Å².